The van der Waals surface area contributed by atoms with E-state index in [0.717, 1.165) is 44.8 Å². The summed E-state index contributed by atoms with van der Waals surface area (Å²) in [5.41, 5.74) is 0. The zero-order valence-electron chi connectivity index (χ0n) is 14.5. The number of rotatable bonds is 3. The summed E-state index contributed by atoms with van der Waals surface area (Å²) in [6.45, 7) is 6.88. The third-order valence-electron chi connectivity index (χ3n) is 4.93. The van der Waals surface area contributed by atoms with Crippen molar-refractivity contribution >= 4 is 11.8 Å². The van der Waals surface area contributed by atoms with E-state index < -0.39 is 0 Å². The van der Waals surface area contributed by atoms with Crippen molar-refractivity contribution in [3.63, 3.8) is 0 Å². The van der Waals surface area contributed by atoms with Crippen molar-refractivity contribution < 1.29 is 14.0 Å². The van der Waals surface area contributed by atoms with Gasteiger partial charge in [0, 0.05) is 39.3 Å². The number of nitrogens with zero attached hydrogens (tertiary/aromatic N) is 3. The molecule has 0 N–H and O–H groups in total. The molecule has 0 aliphatic carbocycles. The second-order valence-corrected chi connectivity index (χ2v) is 6.77. The van der Waals surface area contributed by atoms with E-state index in [4.69, 9.17) is 4.42 Å². The molecular formula is C18H27N3O3. The van der Waals surface area contributed by atoms with E-state index in [1.165, 1.54) is 12.8 Å². The van der Waals surface area contributed by atoms with Crippen LogP contribution in [0.2, 0.25) is 0 Å². The molecule has 3 rings (SSSR count). The topological polar surface area (TPSA) is 57.0 Å². The zero-order chi connectivity index (χ0) is 16.9. The van der Waals surface area contributed by atoms with Gasteiger partial charge < -0.3 is 14.2 Å². The molecule has 0 saturated carbocycles. The lowest BCUT2D eigenvalue weighted by Crippen LogP contribution is -2.51. The van der Waals surface area contributed by atoms with E-state index in [0.29, 0.717) is 25.4 Å². The molecule has 0 unspecified atom stereocenters. The van der Waals surface area contributed by atoms with Crippen LogP contribution in [0.3, 0.4) is 0 Å². The lowest BCUT2D eigenvalue weighted by Gasteiger charge is -2.35. The minimum atomic E-state index is -0.0541. The molecule has 2 amide bonds. The molecule has 0 atom stereocenters. The van der Waals surface area contributed by atoms with Gasteiger partial charge in [-0.15, -0.1) is 0 Å². The van der Waals surface area contributed by atoms with E-state index in [1.54, 1.807) is 6.07 Å². The standard InChI is InChI=1S/C18H27N3O3/c1-15-6-7-16(24-15)18(23)21-12-10-19(11-13-21)14-17(22)20-8-4-2-3-5-9-20/h6-7H,2-5,8-14H2,1H3. The molecule has 2 saturated heterocycles. The molecule has 3 heterocycles. The van der Waals surface area contributed by atoms with Gasteiger partial charge in [0.05, 0.1) is 6.54 Å². The van der Waals surface area contributed by atoms with Gasteiger partial charge in [0.1, 0.15) is 5.76 Å². The highest BCUT2D eigenvalue weighted by Gasteiger charge is 2.26. The van der Waals surface area contributed by atoms with Gasteiger partial charge in [-0.25, -0.2) is 0 Å². The number of hydrogen-bond donors (Lipinski definition) is 0. The second kappa shape index (κ2) is 7.83. The number of carbonyl (C=O) groups is 2. The van der Waals surface area contributed by atoms with Crippen LogP contribution >= 0.6 is 0 Å². The van der Waals surface area contributed by atoms with Crippen LogP contribution < -0.4 is 0 Å². The Labute approximate surface area is 143 Å². The second-order valence-electron chi connectivity index (χ2n) is 6.77. The third kappa shape index (κ3) is 4.17. The summed E-state index contributed by atoms with van der Waals surface area (Å²) in [6, 6.07) is 3.54. The van der Waals surface area contributed by atoms with Crippen LogP contribution in [-0.4, -0.2) is 72.3 Å². The number of likely N-dealkylation sites (tertiary alicyclic amines) is 1. The van der Waals surface area contributed by atoms with Gasteiger partial charge in [-0.1, -0.05) is 12.8 Å². The quantitative estimate of drug-likeness (QED) is 0.846. The summed E-state index contributed by atoms with van der Waals surface area (Å²) in [7, 11) is 0. The zero-order valence-corrected chi connectivity index (χ0v) is 14.5. The summed E-state index contributed by atoms with van der Waals surface area (Å²) < 4.78 is 5.42. The molecule has 0 aromatic carbocycles. The van der Waals surface area contributed by atoms with Crippen LogP contribution in [0.1, 0.15) is 42.0 Å². The molecule has 2 aliphatic rings. The Kier molecular flexibility index (Phi) is 5.56. The molecule has 6 nitrogen and oxygen atoms in total. The van der Waals surface area contributed by atoms with E-state index in [2.05, 4.69) is 4.90 Å². The summed E-state index contributed by atoms with van der Waals surface area (Å²) in [5.74, 6) is 1.33. The van der Waals surface area contributed by atoms with Crippen molar-refractivity contribution in [1.82, 2.24) is 14.7 Å². The molecule has 24 heavy (non-hydrogen) atoms. The van der Waals surface area contributed by atoms with Crippen molar-refractivity contribution in [1.29, 1.82) is 0 Å². The Hall–Kier alpha value is -1.82. The molecular weight excluding hydrogens is 306 g/mol. The van der Waals surface area contributed by atoms with E-state index in [9.17, 15) is 9.59 Å². The maximum atomic E-state index is 12.4. The number of furan rings is 1. The smallest absolute Gasteiger partial charge is 0.289 e. The van der Waals surface area contributed by atoms with E-state index in [1.807, 2.05) is 22.8 Å². The first-order valence-corrected chi connectivity index (χ1v) is 8.99. The van der Waals surface area contributed by atoms with Crippen LogP contribution in [-0.2, 0) is 4.79 Å². The predicted octanol–water partition coefficient (Wildman–Crippen LogP) is 1.75. The average molecular weight is 333 g/mol. The first-order chi connectivity index (χ1) is 11.6. The number of piperazine rings is 1. The van der Waals surface area contributed by atoms with Crippen molar-refractivity contribution in [2.24, 2.45) is 0 Å². The molecule has 0 bridgehead atoms. The van der Waals surface area contributed by atoms with Crippen molar-refractivity contribution in [2.45, 2.75) is 32.6 Å². The van der Waals surface area contributed by atoms with Gasteiger partial charge in [-0.2, -0.15) is 0 Å². The first-order valence-electron chi connectivity index (χ1n) is 8.99. The van der Waals surface area contributed by atoms with Crippen LogP contribution in [0.5, 0.6) is 0 Å². The van der Waals surface area contributed by atoms with Crippen LogP contribution in [0, 0.1) is 6.92 Å². The maximum Gasteiger partial charge on any atom is 0.289 e. The van der Waals surface area contributed by atoms with Gasteiger partial charge >= 0.3 is 0 Å². The predicted molar refractivity (Wildman–Crippen MR) is 90.8 cm³/mol. The van der Waals surface area contributed by atoms with Crippen LogP contribution in [0.25, 0.3) is 0 Å². The highest BCUT2D eigenvalue weighted by atomic mass is 16.3. The van der Waals surface area contributed by atoms with Crippen LogP contribution in [0.15, 0.2) is 16.5 Å². The molecule has 1 aromatic rings. The van der Waals surface area contributed by atoms with Crippen LogP contribution in [0.4, 0.5) is 0 Å². The average Bonchev–Trinajstić information content (AvgIpc) is 2.85. The Morgan fingerprint density at radius 3 is 2.17 bits per heavy atom. The first kappa shape index (κ1) is 17.0. The fourth-order valence-electron chi connectivity index (χ4n) is 3.43. The molecule has 0 radical (unpaired) electrons. The number of aryl methyl sites for hydroxylation is 1. The molecule has 0 spiro atoms. The van der Waals surface area contributed by atoms with Gasteiger partial charge in [-0.05, 0) is 31.9 Å². The summed E-state index contributed by atoms with van der Waals surface area (Å²) in [5, 5.41) is 0. The lowest BCUT2D eigenvalue weighted by atomic mass is 10.2. The number of amides is 2. The molecule has 2 fully saturated rings. The molecule has 1 aromatic heterocycles. The SMILES string of the molecule is Cc1ccc(C(=O)N2CCN(CC(=O)N3CCCCCC3)CC2)o1. The Morgan fingerprint density at radius 2 is 1.58 bits per heavy atom. The molecule has 6 heteroatoms. The van der Waals surface area contributed by atoms with Gasteiger partial charge in [0.25, 0.3) is 5.91 Å². The summed E-state index contributed by atoms with van der Waals surface area (Å²) in [6.07, 6.45) is 4.71. The molecule has 2 aliphatic heterocycles. The van der Waals surface area contributed by atoms with E-state index >= 15 is 0 Å². The lowest BCUT2D eigenvalue weighted by molar-refractivity contribution is -0.132. The minimum absolute atomic E-state index is 0.0541. The fraction of sp³-hybridized carbons (Fsp3) is 0.667. The van der Waals surface area contributed by atoms with Gasteiger partial charge in [-0.3, -0.25) is 14.5 Å². The third-order valence-corrected chi connectivity index (χ3v) is 4.93. The fourth-order valence-corrected chi connectivity index (χ4v) is 3.43. The Morgan fingerprint density at radius 1 is 0.917 bits per heavy atom. The highest BCUT2D eigenvalue weighted by molar-refractivity contribution is 5.91. The largest absolute Gasteiger partial charge is 0.456 e. The summed E-state index contributed by atoms with van der Waals surface area (Å²) in [4.78, 5) is 30.8. The summed E-state index contributed by atoms with van der Waals surface area (Å²) >= 11 is 0. The van der Waals surface area contributed by atoms with Crippen molar-refractivity contribution in [3.8, 4) is 0 Å². The Balaban J connectivity index is 1.46. The number of carbonyl (C=O) groups excluding carboxylic acids is 2. The van der Waals surface area contributed by atoms with Crippen molar-refractivity contribution in [3.05, 3.63) is 23.7 Å². The van der Waals surface area contributed by atoms with E-state index in [-0.39, 0.29) is 11.8 Å². The maximum absolute atomic E-state index is 12.4. The normalized spacial score (nSPS) is 20.0. The van der Waals surface area contributed by atoms with Gasteiger partial charge in [0.2, 0.25) is 5.91 Å². The number of hydrogen-bond acceptors (Lipinski definition) is 4. The monoisotopic (exact) mass is 333 g/mol. The highest BCUT2D eigenvalue weighted by Crippen LogP contribution is 2.13. The van der Waals surface area contributed by atoms with Crippen molar-refractivity contribution in [2.75, 3.05) is 45.8 Å². The minimum Gasteiger partial charge on any atom is -0.456 e. The van der Waals surface area contributed by atoms with Gasteiger partial charge in [0.15, 0.2) is 5.76 Å². The molecule has 132 valence electrons. The Bertz CT molecular complexity index is 568.